The first-order valence-corrected chi connectivity index (χ1v) is 4.72. The predicted molar refractivity (Wildman–Crippen MR) is 57.0 cm³/mol. The summed E-state index contributed by atoms with van der Waals surface area (Å²) in [7, 11) is 4.79. The van der Waals surface area contributed by atoms with Crippen molar-refractivity contribution in [3.8, 4) is 11.5 Å². The lowest BCUT2D eigenvalue weighted by Crippen LogP contribution is -2.14. The molecule has 1 atom stereocenters. The zero-order valence-electron chi connectivity index (χ0n) is 9.43. The van der Waals surface area contributed by atoms with Gasteiger partial charge in [-0.05, 0) is 20.0 Å². The van der Waals surface area contributed by atoms with E-state index in [0.29, 0.717) is 17.1 Å². The lowest BCUT2D eigenvalue weighted by atomic mass is 10.1. The monoisotopic (exact) mass is 213 g/mol. The number of ether oxygens (including phenoxy) is 2. The Labute approximate surface area is 89.2 Å². The van der Waals surface area contributed by atoms with Gasteiger partial charge in [0.15, 0.2) is 11.5 Å². The van der Waals surface area contributed by atoms with E-state index in [0.717, 1.165) is 0 Å². The highest BCUT2D eigenvalue weighted by Crippen LogP contribution is 2.32. The lowest BCUT2D eigenvalue weighted by molar-refractivity contribution is 0.350. The molecule has 1 unspecified atom stereocenters. The van der Waals surface area contributed by atoms with Crippen LogP contribution in [0.5, 0.6) is 11.5 Å². The molecule has 1 N–H and O–H groups in total. The van der Waals surface area contributed by atoms with E-state index < -0.39 is 0 Å². The van der Waals surface area contributed by atoms with Gasteiger partial charge in [-0.15, -0.1) is 0 Å². The van der Waals surface area contributed by atoms with E-state index in [1.165, 1.54) is 20.3 Å². The van der Waals surface area contributed by atoms with E-state index in [1.807, 2.05) is 6.92 Å². The van der Waals surface area contributed by atoms with Gasteiger partial charge in [0.25, 0.3) is 0 Å². The van der Waals surface area contributed by atoms with Gasteiger partial charge >= 0.3 is 0 Å². The molecule has 1 rings (SSSR count). The third-order valence-corrected chi connectivity index (χ3v) is 2.40. The van der Waals surface area contributed by atoms with E-state index in [-0.39, 0.29) is 11.9 Å². The van der Waals surface area contributed by atoms with Crippen LogP contribution in [0.3, 0.4) is 0 Å². The van der Waals surface area contributed by atoms with Crippen molar-refractivity contribution in [2.24, 2.45) is 0 Å². The van der Waals surface area contributed by atoms with Crippen LogP contribution in [0.2, 0.25) is 0 Å². The van der Waals surface area contributed by atoms with Crippen molar-refractivity contribution in [2.75, 3.05) is 21.3 Å². The first kappa shape index (κ1) is 11.8. The molecule has 0 bridgehead atoms. The average Bonchev–Trinajstić information content (AvgIpc) is 2.27. The molecule has 1 aromatic rings. The molecule has 3 nitrogen and oxygen atoms in total. The molecule has 0 aliphatic heterocycles. The highest BCUT2D eigenvalue weighted by atomic mass is 19.1. The van der Waals surface area contributed by atoms with Gasteiger partial charge < -0.3 is 14.8 Å². The Morgan fingerprint density at radius 1 is 1.20 bits per heavy atom. The number of benzene rings is 1. The fraction of sp³-hybridized carbons (Fsp3) is 0.455. The maximum Gasteiger partial charge on any atom is 0.163 e. The van der Waals surface area contributed by atoms with Crippen molar-refractivity contribution in [1.82, 2.24) is 5.32 Å². The van der Waals surface area contributed by atoms with Gasteiger partial charge in [-0.25, -0.2) is 4.39 Å². The van der Waals surface area contributed by atoms with E-state index in [1.54, 1.807) is 13.1 Å². The summed E-state index contributed by atoms with van der Waals surface area (Å²) in [5.74, 6) is 0.646. The summed E-state index contributed by atoms with van der Waals surface area (Å²) in [6.07, 6.45) is 0. The van der Waals surface area contributed by atoms with Gasteiger partial charge in [-0.3, -0.25) is 0 Å². The van der Waals surface area contributed by atoms with Gasteiger partial charge in [0, 0.05) is 17.7 Å². The predicted octanol–water partition coefficient (Wildman–Crippen LogP) is 2.12. The highest BCUT2D eigenvalue weighted by Gasteiger charge is 2.14. The van der Waals surface area contributed by atoms with Crippen LogP contribution in [-0.2, 0) is 0 Å². The summed E-state index contributed by atoms with van der Waals surface area (Å²) in [5, 5.41) is 2.97. The molecule has 0 heterocycles. The van der Waals surface area contributed by atoms with Gasteiger partial charge in [-0.2, -0.15) is 0 Å². The SMILES string of the molecule is CNC(C)c1cc(OC)c(OC)cc1F. The fourth-order valence-corrected chi connectivity index (χ4v) is 1.36. The van der Waals surface area contributed by atoms with Crippen LogP contribution in [0.25, 0.3) is 0 Å². The molecule has 0 fully saturated rings. The number of rotatable bonds is 4. The molecule has 15 heavy (non-hydrogen) atoms. The lowest BCUT2D eigenvalue weighted by Gasteiger charge is -2.15. The number of nitrogens with one attached hydrogen (secondary N) is 1. The zero-order chi connectivity index (χ0) is 11.4. The number of hydrogen-bond donors (Lipinski definition) is 1. The van der Waals surface area contributed by atoms with Crippen LogP contribution in [0.4, 0.5) is 4.39 Å². The third-order valence-electron chi connectivity index (χ3n) is 2.40. The van der Waals surface area contributed by atoms with E-state index >= 15 is 0 Å². The van der Waals surface area contributed by atoms with Gasteiger partial charge in [0.2, 0.25) is 0 Å². The Hall–Kier alpha value is -1.29. The first-order chi connectivity index (χ1) is 7.13. The van der Waals surface area contributed by atoms with Crippen LogP contribution >= 0.6 is 0 Å². The summed E-state index contributed by atoms with van der Waals surface area (Å²) in [6, 6.07) is 2.92. The van der Waals surface area contributed by atoms with Crippen molar-refractivity contribution in [3.05, 3.63) is 23.5 Å². The van der Waals surface area contributed by atoms with E-state index in [4.69, 9.17) is 9.47 Å². The van der Waals surface area contributed by atoms with Gasteiger partial charge in [0.05, 0.1) is 14.2 Å². The van der Waals surface area contributed by atoms with Crippen LogP contribution in [0, 0.1) is 5.82 Å². The summed E-state index contributed by atoms with van der Waals surface area (Å²) in [4.78, 5) is 0. The first-order valence-electron chi connectivity index (χ1n) is 4.72. The minimum atomic E-state index is -0.297. The Kier molecular flexibility index (Phi) is 3.91. The quantitative estimate of drug-likeness (QED) is 0.831. The van der Waals surface area contributed by atoms with Crippen molar-refractivity contribution >= 4 is 0 Å². The average molecular weight is 213 g/mol. The van der Waals surface area contributed by atoms with E-state index in [9.17, 15) is 4.39 Å². The van der Waals surface area contributed by atoms with Gasteiger partial charge in [0.1, 0.15) is 5.82 Å². The van der Waals surface area contributed by atoms with Crippen molar-refractivity contribution < 1.29 is 13.9 Å². The smallest absolute Gasteiger partial charge is 0.163 e. The summed E-state index contributed by atoms with van der Waals surface area (Å²) >= 11 is 0. The fourth-order valence-electron chi connectivity index (χ4n) is 1.36. The van der Waals surface area contributed by atoms with Gasteiger partial charge in [-0.1, -0.05) is 0 Å². The molecule has 0 saturated carbocycles. The number of methoxy groups -OCH3 is 2. The van der Waals surface area contributed by atoms with E-state index in [2.05, 4.69) is 5.32 Å². The van der Waals surface area contributed by atoms with Crippen LogP contribution in [-0.4, -0.2) is 21.3 Å². The Balaban J connectivity index is 3.19. The summed E-state index contributed by atoms with van der Waals surface area (Å²) < 4.78 is 23.7. The Bertz CT molecular complexity index is 342. The van der Waals surface area contributed by atoms with Crippen LogP contribution in [0.15, 0.2) is 12.1 Å². The molecule has 0 amide bonds. The second-order valence-corrected chi connectivity index (χ2v) is 3.24. The molecule has 84 valence electrons. The van der Waals surface area contributed by atoms with Crippen LogP contribution < -0.4 is 14.8 Å². The molecule has 0 radical (unpaired) electrons. The minimum Gasteiger partial charge on any atom is -0.493 e. The largest absolute Gasteiger partial charge is 0.493 e. The maximum atomic E-state index is 13.6. The summed E-state index contributed by atoms with van der Waals surface area (Å²) in [5.41, 5.74) is 0.565. The molecule has 0 aromatic heterocycles. The number of halogens is 1. The number of hydrogen-bond acceptors (Lipinski definition) is 3. The van der Waals surface area contributed by atoms with Crippen molar-refractivity contribution in [3.63, 3.8) is 0 Å². The third kappa shape index (κ3) is 2.39. The summed E-state index contributed by atoms with van der Waals surface area (Å²) in [6.45, 7) is 1.88. The van der Waals surface area contributed by atoms with Crippen molar-refractivity contribution in [1.29, 1.82) is 0 Å². The molecular formula is C11H16FNO2. The second-order valence-electron chi connectivity index (χ2n) is 3.24. The molecule has 0 saturated heterocycles. The molecule has 0 spiro atoms. The minimum absolute atomic E-state index is 0.0650. The Morgan fingerprint density at radius 2 is 1.73 bits per heavy atom. The maximum absolute atomic E-state index is 13.6. The molecule has 0 aliphatic rings. The molecule has 0 aliphatic carbocycles. The molecule has 1 aromatic carbocycles. The molecule has 4 heteroatoms. The van der Waals surface area contributed by atoms with Crippen molar-refractivity contribution in [2.45, 2.75) is 13.0 Å². The zero-order valence-corrected chi connectivity index (χ0v) is 9.43. The highest BCUT2D eigenvalue weighted by molar-refractivity contribution is 5.44. The normalized spacial score (nSPS) is 12.3. The second kappa shape index (κ2) is 4.98. The van der Waals surface area contributed by atoms with Crippen LogP contribution in [0.1, 0.15) is 18.5 Å². The Morgan fingerprint density at radius 3 is 2.20 bits per heavy atom. The molecular weight excluding hydrogens is 197 g/mol. The standard InChI is InChI=1S/C11H16FNO2/c1-7(13-2)8-5-10(14-3)11(15-4)6-9(8)12/h5-7,13H,1-4H3. The topological polar surface area (TPSA) is 30.5 Å².